The van der Waals surface area contributed by atoms with Gasteiger partial charge in [-0.1, -0.05) is 50.6 Å². The van der Waals surface area contributed by atoms with E-state index in [-0.39, 0.29) is 12.1 Å². The molecule has 0 aromatic heterocycles. The van der Waals surface area contributed by atoms with Crippen molar-refractivity contribution in [2.45, 2.75) is 45.6 Å². The first-order valence-corrected chi connectivity index (χ1v) is 5.99. The van der Waals surface area contributed by atoms with E-state index < -0.39 is 0 Å². The fraction of sp³-hybridized carbons (Fsp3) is 0.500. The first-order chi connectivity index (χ1) is 7.76. The minimum absolute atomic E-state index is 0.0845. The van der Waals surface area contributed by atoms with E-state index >= 15 is 0 Å². The first kappa shape index (κ1) is 12.8. The Hall–Kier alpha value is -1.31. The number of hydrogen-bond donors (Lipinski definition) is 0. The highest BCUT2D eigenvalue weighted by Gasteiger charge is 2.11. The van der Waals surface area contributed by atoms with Gasteiger partial charge >= 0.3 is 5.97 Å². The molecule has 1 unspecified atom stereocenters. The zero-order valence-electron chi connectivity index (χ0n) is 10.1. The Morgan fingerprint density at radius 3 is 2.50 bits per heavy atom. The molecule has 16 heavy (non-hydrogen) atoms. The summed E-state index contributed by atoms with van der Waals surface area (Å²) in [6.07, 6.45) is 3.37. The Labute approximate surface area is 97.6 Å². The Bertz CT molecular complexity index is 306. The predicted octanol–water partition coefficient (Wildman–Crippen LogP) is 3.35. The van der Waals surface area contributed by atoms with Crippen LogP contribution in [0.3, 0.4) is 0 Å². The van der Waals surface area contributed by atoms with E-state index in [0.717, 1.165) is 24.8 Å². The van der Waals surface area contributed by atoms with Crippen molar-refractivity contribution in [3.63, 3.8) is 0 Å². The molecule has 0 aliphatic carbocycles. The van der Waals surface area contributed by atoms with Gasteiger partial charge in [0, 0.05) is 0 Å². The van der Waals surface area contributed by atoms with Crippen molar-refractivity contribution >= 4 is 5.97 Å². The summed E-state index contributed by atoms with van der Waals surface area (Å²) >= 11 is 0. The van der Waals surface area contributed by atoms with Crippen LogP contribution in [-0.2, 0) is 16.0 Å². The number of carbonyl (C=O) groups is 1. The molecule has 0 amide bonds. The van der Waals surface area contributed by atoms with E-state index in [2.05, 4.69) is 13.8 Å². The lowest BCUT2D eigenvalue weighted by atomic mass is 10.1. The molecule has 0 aliphatic heterocycles. The number of benzene rings is 1. The van der Waals surface area contributed by atoms with Crippen LogP contribution in [0.2, 0.25) is 0 Å². The van der Waals surface area contributed by atoms with Crippen LogP contribution in [0.1, 0.15) is 38.7 Å². The Kier molecular flexibility index (Phi) is 5.62. The lowest BCUT2D eigenvalue weighted by Crippen LogP contribution is -2.18. The second-order valence-corrected chi connectivity index (χ2v) is 3.97. The summed E-state index contributed by atoms with van der Waals surface area (Å²) in [5, 5.41) is 0. The van der Waals surface area contributed by atoms with E-state index in [4.69, 9.17) is 4.74 Å². The fourth-order valence-corrected chi connectivity index (χ4v) is 1.66. The fourth-order valence-electron chi connectivity index (χ4n) is 1.66. The van der Waals surface area contributed by atoms with Crippen molar-refractivity contribution in [3.05, 3.63) is 35.9 Å². The Balaban J connectivity index is 2.41. The van der Waals surface area contributed by atoms with Gasteiger partial charge in [-0.3, -0.25) is 4.79 Å². The quantitative estimate of drug-likeness (QED) is 0.687. The van der Waals surface area contributed by atoms with Gasteiger partial charge < -0.3 is 4.74 Å². The van der Waals surface area contributed by atoms with Crippen molar-refractivity contribution in [1.82, 2.24) is 0 Å². The molecule has 0 N–H and O–H groups in total. The molecule has 2 heteroatoms. The SMILES string of the molecule is CCCC(CC)OC(=O)Cc1ccccc1. The van der Waals surface area contributed by atoms with Gasteiger partial charge in [0.25, 0.3) is 0 Å². The number of hydrogen-bond acceptors (Lipinski definition) is 2. The third-order valence-electron chi connectivity index (χ3n) is 2.56. The van der Waals surface area contributed by atoms with Crippen LogP contribution in [0.25, 0.3) is 0 Å². The maximum Gasteiger partial charge on any atom is 0.310 e. The van der Waals surface area contributed by atoms with E-state index in [0.29, 0.717) is 6.42 Å². The highest BCUT2D eigenvalue weighted by molar-refractivity contribution is 5.72. The van der Waals surface area contributed by atoms with Crippen LogP contribution in [0.5, 0.6) is 0 Å². The molecule has 1 rings (SSSR count). The van der Waals surface area contributed by atoms with Crippen LogP contribution >= 0.6 is 0 Å². The van der Waals surface area contributed by atoms with Gasteiger partial charge in [-0.15, -0.1) is 0 Å². The molecule has 0 bridgehead atoms. The second kappa shape index (κ2) is 7.04. The minimum atomic E-state index is -0.119. The average Bonchev–Trinajstić information content (AvgIpc) is 2.29. The summed E-state index contributed by atoms with van der Waals surface area (Å²) < 4.78 is 5.41. The average molecular weight is 220 g/mol. The predicted molar refractivity (Wildman–Crippen MR) is 65.2 cm³/mol. The van der Waals surface area contributed by atoms with Gasteiger partial charge in [-0.25, -0.2) is 0 Å². The van der Waals surface area contributed by atoms with Gasteiger partial charge in [0.05, 0.1) is 6.42 Å². The first-order valence-electron chi connectivity index (χ1n) is 5.99. The van der Waals surface area contributed by atoms with E-state index in [1.54, 1.807) is 0 Å². The normalized spacial score (nSPS) is 12.1. The van der Waals surface area contributed by atoms with Gasteiger partial charge in [-0.05, 0) is 18.4 Å². The Morgan fingerprint density at radius 2 is 1.94 bits per heavy atom. The van der Waals surface area contributed by atoms with E-state index in [1.165, 1.54) is 0 Å². The second-order valence-electron chi connectivity index (χ2n) is 3.97. The lowest BCUT2D eigenvalue weighted by Gasteiger charge is -2.15. The van der Waals surface area contributed by atoms with Crippen molar-refractivity contribution < 1.29 is 9.53 Å². The van der Waals surface area contributed by atoms with Gasteiger partial charge in [-0.2, -0.15) is 0 Å². The third-order valence-corrected chi connectivity index (χ3v) is 2.56. The van der Waals surface area contributed by atoms with Crippen molar-refractivity contribution in [2.24, 2.45) is 0 Å². The van der Waals surface area contributed by atoms with Crippen molar-refractivity contribution in [2.75, 3.05) is 0 Å². The summed E-state index contributed by atoms with van der Waals surface area (Å²) in [4.78, 5) is 11.6. The smallest absolute Gasteiger partial charge is 0.310 e. The topological polar surface area (TPSA) is 26.3 Å². The van der Waals surface area contributed by atoms with E-state index in [9.17, 15) is 4.79 Å². The molecule has 0 radical (unpaired) electrons. The van der Waals surface area contributed by atoms with Gasteiger partial charge in [0.1, 0.15) is 6.10 Å². The summed E-state index contributed by atoms with van der Waals surface area (Å²) in [5.74, 6) is -0.119. The van der Waals surface area contributed by atoms with Crippen LogP contribution in [0.4, 0.5) is 0 Å². The molecule has 88 valence electrons. The maximum absolute atomic E-state index is 11.6. The minimum Gasteiger partial charge on any atom is -0.462 e. The molecule has 0 saturated heterocycles. The number of esters is 1. The van der Waals surface area contributed by atoms with Crippen LogP contribution in [0.15, 0.2) is 30.3 Å². The lowest BCUT2D eigenvalue weighted by molar-refractivity contribution is -0.148. The standard InChI is InChI=1S/C14H20O2/c1-3-8-13(4-2)16-14(15)11-12-9-6-5-7-10-12/h5-7,9-10,13H,3-4,8,11H2,1-2H3. The summed E-state index contributed by atoms with van der Waals surface area (Å²) in [6, 6.07) is 9.71. The zero-order chi connectivity index (χ0) is 11.8. The molecule has 1 atom stereocenters. The number of rotatable bonds is 6. The molecule has 0 fully saturated rings. The highest BCUT2D eigenvalue weighted by atomic mass is 16.5. The van der Waals surface area contributed by atoms with Crippen LogP contribution < -0.4 is 0 Å². The molecular formula is C14H20O2. The summed E-state index contributed by atoms with van der Waals surface area (Å²) in [5.41, 5.74) is 1.01. The highest BCUT2D eigenvalue weighted by Crippen LogP contribution is 2.09. The molecule has 1 aromatic carbocycles. The number of carbonyl (C=O) groups excluding carboxylic acids is 1. The van der Waals surface area contributed by atoms with Crippen LogP contribution in [-0.4, -0.2) is 12.1 Å². The van der Waals surface area contributed by atoms with Crippen LogP contribution in [0, 0.1) is 0 Å². The summed E-state index contributed by atoms with van der Waals surface area (Å²) in [7, 11) is 0. The molecular weight excluding hydrogens is 200 g/mol. The molecule has 0 aliphatic rings. The molecule has 0 heterocycles. The molecule has 1 aromatic rings. The third kappa shape index (κ3) is 4.47. The molecule has 2 nitrogen and oxygen atoms in total. The van der Waals surface area contributed by atoms with Gasteiger partial charge in [0.15, 0.2) is 0 Å². The monoisotopic (exact) mass is 220 g/mol. The molecule has 0 spiro atoms. The molecule has 0 saturated carbocycles. The zero-order valence-corrected chi connectivity index (χ0v) is 10.1. The van der Waals surface area contributed by atoms with Crippen molar-refractivity contribution in [3.8, 4) is 0 Å². The maximum atomic E-state index is 11.6. The Morgan fingerprint density at radius 1 is 1.25 bits per heavy atom. The van der Waals surface area contributed by atoms with Gasteiger partial charge in [0.2, 0.25) is 0 Å². The number of ether oxygens (including phenoxy) is 1. The van der Waals surface area contributed by atoms with E-state index in [1.807, 2.05) is 30.3 Å². The largest absolute Gasteiger partial charge is 0.462 e. The van der Waals surface area contributed by atoms with Crippen molar-refractivity contribution in [1.29, 1.82) is 0 Å². The summed E-state index contributed by atoms with van der Waals surface area (Å²) in [6.45, 7) is 4.16.